The van der Waals surface area contributed by atoms with E-state index in [1.165, 1.54) is 15.3 Å². The minimum Gasteiger partial charge on any atom is -0.439 e. The van der Waals surface area contributed by atoms with Crippen LogP contribution >= 0.6 is 23.2 Å². The van der Waals surface area contributed by atoms with Crippen LogP contribution in [0.2, 0.25) is 10.0 Å². The van der Waals surface area contributed by atoms with Gasteiger partial charge in [-0.2, -0.15) is 10.5 Å². The summed E-state index contributed by atoms with van der Waals surface area (Å²) in [6, 6.07) is 41.4. The first-order chi connectivity index (χ1) is 31.9. The number of nitro groups is 1. The van der Waals surface area contributed by atoms with Crippen LogP contribution in [0, 0.1) is 32.8 Å². The number of hydrogen-bond acceptors (Lipinski definition) is 15. The van der Waals surface area contributed by atoms with Crippen LogP contribution < -0.4 is 37.0 Å². The molecule has 0 bridgehead atoms. The Labute approximate surface area is 384 Å². The summed E-state index contributed by atoms with van der Waals surface area (Å²) in [5.41, 5.74) is 7.44. The van der Waals surface area contributed by atoms with E-state index in [-0.39, 0.29) is 47.6 Å². The Morgan fingerprint density at radius 3 is 1.47 bits per heavy atom. The quantitative estimate of drug-likeness (QED) is 0.0720. The molecule has 0 aliphatic carbocycles. The van der Waals surface area contributed by atoms with Gasteiger partial charge in [0, 0.05) is 33.6 Å². The molecule has 0 fully saturated rings. The molecule has 18 nitrogen and oxygen atoms in total. The van der Waals surface area contributed by atoms with Gasteiger partial charge < -0.3 is 25.8 Å². The number of benzene rings is 4. The highest BCUT2D eigenvalue weighted by molar-refractivity contribution is 6.30. The van der Waals surface area contributed by atoms with Gasteiger partial charge >= 0.3 is 11.2 Å². The van der Waals surface area contributed by atoms with Gasteiger partial charge in [-0.05, 0) is 96.1 Å². The highest BCUT2D eigenvalue weighted by Crippen LogP contribution is 2.26. The molecule has 66 heavy (non-hydrogen) atoms. The summed E-state index contributed by atoms with van der Waals surface area (Å²) < 4.78 is 14.0. The van der Waals surface area contributed by atoms with Crippen molar-refractivity contribution >= 4 is 57.8 Å². The molecule has 4 aromatic heterocycles. The van der Waals surface area contributed by atoms with Crippen LogP contribution in [0.4, 0.5) is 34.6 Å². The van der Waals surface area contributed by atoms with Gasteiger partial charge in [0.05, 0.1) is 24.2 Å². The van der Waals surface area contributed by atoms with Gasteiger partial charge in [-0.25, -0.2) is 19.9 Å². The highest BCUT2D eigenvalue weighted by Gasteiger charge is 2.19. The van der Waals surface area contributed by atoms with Gasteiger partial charge in [-0.1, -0.05) is 59.6 Å². The molecule has 0 spiro atoms. The molecule has 326 valence electrons. The molecule has 4 heterocycles. The van der Waals surface area contributed by atoms with Crippen LogP contribution in [-0.4, -0.2) is 34.0 Å². The number of anilines is 5. The number of nitrogen functional groups attached to an aromatic ring is 1. The fourth-order valence-electron chi connectivity index (χ4n) is 5.93. The number of nitrogens with two attached hydrogens (primary N) is 1. The maximum Gasteiger partial charge on any atom is 0.352 e. The number of ether oxygens (including phenoxy) is 2. The van der Waals surface area contributed by atoms with Crippen molar-refractivity contribution in [3.05, 3.63) is 209 Å². The molecule has 4 N–H and O–H groups in total. The second-order valence-corrected chi connectivity index (χ2v) is 14.6. The molecule has 0 unspecified atom stereocenters. The maximum atomic E-state index is 12.8. The Morgan fingerprint density at radius 1 is 0.621 bits per heavy atom. The Morgan fingerprint density at radius 2 is 1.05 bits per heavy atom. The number of aromatic nitrogens is 6. The van der Waals surface area contributed by atoms with E-state index in [9.17, 15) is 19.7 Å². The van der Waals surface area contributed by atoms with Gasteiger partial charge in [0.25, 0.3) is 5.56 Å². The van der Waals surface area contributed by atoms with Crippen molar-refractivity contribution in [2.75, 3.05) is 16.4 Å². The summed E-state index contributed by atoms with van der Waals surface area (Å²) in [6.45, 7) is 0.327. The van der Waals surface area contributed by atoms with Crippen molar-refractivity contribution in [2.45, 2.75) is 13.1 Å². The fraction of sp³-hybridized carbons (Fsp3) is 0.0435. The van der Waals surface area contributed by atoms with Crippen LogP contribution in [0.5, 0.6) is 23.3 Å². The molecule has 0 radical (unpaired) electrons. The van der Waals surface area contributed by atoms with E-state index in [2.05, 4.69) is 30.6 Å². The predicted octanol–water partition coefficient (Wildman–Crippen LogP) is 8.99. The molecule has 0 amide bonds. The zero-order chi connectivity index (χ0) is 46.6. The predicted molar refractivity (Wildman–Crippen MR) is 247 cm³/mol. The minimum atomic E-state index is -0.791. The molecule has 0 saturated heterocycles. The van der Waals surface area contributed by atoms with Gasteiger partial charge in [0.1, 0.15) is 46.9 Å². The summed E-state index contributed by atoms with van der Waals surface area (Å²) in [4.78, 5) is 52.4. The largest absolute Gasteiger partial charge is 0.439 e. The van der Waals surface area contributed by atoms with Crippen LogP contribution in [-0.2, 0) is 13.1 Å². The smallest absolute Gasteiger partial charge is 0.352 e. The molecule has 0 aliphatic heterocycles. The van der Waals surface area contributed by atoms with Crippen molar-refractivity contribution in [3.63, 3.8) is 0 Å². The highest BCUT2D eigenvalue weighted by atomic mass is 35.5. The topological polar surface area (TPSA) is 255 Å². The lowest BCUT2D eigenvalue weighted by Gasteiger charge is -2.14. The number of hydrogen-bond donors (Lipinski definition) is 3. The number of nitrogens with zero attached hydrogens (tertiary/aromatic N) is 9. The number of halogens is 2. The minimum absolute atomic E-state index is 0.0507. The first kappa shape index (κ1) is 44.9. The second-order valence-electron chi connectivity index (χ2n) is 13.7. The molecular formula is C46H32Cl2N12O6. The van der Waals surface area contributed by atoms with Crippen LogP contribution in [0.1, 0.15) is 22.5 Å². The molecular weight excluding hydrogens is 887 g/mol. The van der Waals surface area contributed by atoms with Crippen molar-refractivity contribution in [2.24, 2.45) is 0 Å². The third-order valence-corrected chi connectivity index (χ3v) is 9.65. The van der Waals surface area contributed by atoms with E-state index < -0.39 is 16.2 Å². The molecule has 8 rings (SSSR count). The van der Waals surface area contributed by atoms with E-state index >= 15 is 0 Å². The van der Waals surface area contributed by atoms with E-state index in [4.69, 9.17) is 48.9 Å². The fourth-order valence-corrected chi connectivity index (χ4v) is 6.18. The Balaban J connectivity index is 0.000000197. The Kier molecular flexibility index (Phi) is 14.2. The third kappa shape index (κ3) is 11.7. The lowest BCUT2D eigenvalue weighted by atomic mass is 10.2. The van der Waals surface area contributed by atoms with Gasteiger partial charge in [-0.3, -0.25) is 28.8 Å². The van der Waals surface area contributed by atoms with E-state index in [1.807, 2.05) is 24.3 Å². The molecule has 4 aromatic carbocycles. The molecule has 0 saturated carbocycles. The van der Waals surface area contributed by atoms with Gasteiger partial charge in [0.2, 0.25) is 23.7 Å². The van der Waals surface area contributed by atoms with Crippen LogP contribution in [0.25, 0.3) is 0 Å². The summed E-state index contributed by atoms with van der Waals surface area (Å²) in [5, 5.41) is 36.4. The van der Waals surface area contributed by atoms with Crippen molar-refractivity contribution in [1.29, 1.82) is 10.5 Å². The zero-order valence-corrected chi connectivity index (χ0v) is 35.6. The normalized spacial score (nSPS) is 10.4. The summed E-state index contributed by atoms with van der Waals surface area (Å²) in [7, 11) is 0. The van der Waals surface area contributed by atoms with E-state index in [0.717, 1.165) is 11.8 Å². The standard InChI is InChI=1S/C23H15ClN6O4.C23H17ClN6O2/c24-16-6-4-15(5-7-16)14-29-22(31)20(30(32)33)13-26-23(29)28-17-8-10-19(11-9-17)34-21-3-1-2-18(12-25)27-21;24-16-6-4-15(5-7-16)14-30-22(31)20(26)13-27-23(30)29-17-8-10-19(11-9-17)32-21-3-1-2-18(12-25)28-21/h1-11,13H,14H2,(H,26,28);1-11,13H,14,26H2,(H,27,29). The summed E-state index contributed by atoms with van der Waals surface area (Å²) in [6.07, 6.45) is 2.25. The van der Waals surface area contributed by atoms with E-state index in [1.54, 1.807) is 121 Å². The second kappa shape index (κ2) is 20.8. The third-order valence-electron chi connectivity index (χ3n) is 9.15. The number of rotatable bonds is 13. The lowest BCUT2D eigenvalue weighted by Crippen LogP contribution is -2.26. The maximum absolute atomic E-state index is 12.8. The number of nitrogens with one attached hydrogen (secondary N) is 2. The van der Waals surface area contributed by atoms with Crippen molar-refractivity contribution in [1.82, 2.24) is 29.1 Å². The van der Waals surface area contributed by atoms with Crippen LogP contribution in [0.3, 0.4) is 0 Å². The number of nitriles is 2. The van der Waals surface area contributed by atoms with Gasteiger partial charge in [-0.15, -0.1) is 0 Å². The Bertz CT molecular complexity index is 3230. The first-order valence-corrected chi connectivity index (χ1v) is 20.1. The lowest BCUT2D eigenvalue weighted by molar-refractivity contribution is -0.386. The van der Waals surface area contributed by atoms with Gasteiger partial charge in [0.15, 0.2) is 0 Å². The SMILES string of the molecule is N#Cc1cccc(Oc2ccc(Nc3ncc(N)c(=O)n3Cc3ccc(Cl)cc3)cc2)n1.N#Cc1cccc(Oc2ccc(Nc3ncc([N+](=O)[O-])c(=O)n3Cc3ccc(Cl)cc3)cc2)n1. The molecule has 8 aromatic rings. The molecule has 0 atom stereocenters. The zero-order valence-electron chi connectivity index (χ0n) is 34.1. The van der Waals surface area contributed by atoms with Crippen molar-refractivity contribution < 1.29 is 14.4 Å². The van der Waals surface area contributed by atoms with E-state index in [0.29, 0.717) is 50.3 Å². The molecule has 0 aliphatic rings. The average molecular weight is 920 g/mol. The van der Waals surface area contributed by atoms with Crippen LogP contribution in [0.15, 0.2) is 155 Å². The number of pyridine rings is 2. The summed E-state index contributed by atoms with van der Waals surface area (Å²) >= 11 is 11.9. The monoisotopic (exact) mass is 918 g/mol. The Hall–Kier alpha value is -9.10. The first-order valence-electron chi connectivity index (χ1n) is 19.4. The summed E-state index contributed by atoms with van der Waals surface area (Å²) in [5.74, 6) is 2.08. The van der Waals surface area contributed by atoms with Crippen molar-refractivity contribution in [3.8, 4) is 35.4 Å². The molecule has 20 heteroatoms. The average Bonchev–Trinajstić information content (AvgIpc) is 3.32.